The molecule has 4 heteroatoms. The maximum absolute atomic E-state index is 5.78. The van der Waals surface area contributed by atoms with Gasteiger partial charge in [-0.1, -0.05) is 11.8 Å². The van der Waals surface area contributed by atoms with Crippen molar-refractivity contribution in [3.8, 4) is 17.6 Å². The van der Waals surface area contributed by atoms with Crippen molar-refractivity contribution in [2.75, 3.05) is 6.54 Å². The molecule has 110 valence electrons. The SMILES string of the molecule is Cc1cc(OCc2ccn(C(C)C)n2)ccc1C#CCN. The van der Waals surface area contributed by atoms with Crippen molar-refractivity contribution < 1.29 is 4.74 Å². The topological polar surface area (TPSA) is 53.1 Å². The predicted molar refractivity (Wildman–Crippen MR) is 84.1 cm³/mol. The summed E-state index contributed by atoms with van der Waals surface area (Å²) in [6, 6.07) is 8.21. The second-order valence-electron chi connectivity index (χ2n) is 5.15. The molecule has 21 heavy (non-hydrogen) atoms. The van der Waals surface area contributed by atoms with E-state index in [9.17, 15) is 0 Å². The number of nitrogens with zero attached hydrogens (tertiary/aromatic N) is 2. The van der Waals surface area contributed by atoms with Crippen LogP contribution < -0.4 is 10.5 Å². The average molecular weight is 283 g/mol. The first-order valence-electron chi connectivity index (χ1n) is 7.06. The standard InChI is InChI=1S/C17H21N3O/c1-13(2)20-10-8-16(19-20)12-21-17-7-6-15(5-4-9-18)14(3)11-17/h6-8,10-11,13H,9,12,18H2,1-3H3. The lowest BCUT2D eigenvalue weighted by molar-refractivity contribution is 0.298. The highest BCUT2D eigenvalue weighted by molar-refractivity contribution is 5.44. The van der Waals surface area contributed by atoms with Gasteiger partial charge in [0.15, 0.2) is 0 Å². The Morgan fingerprint density at radius 1 is 1.33 bits per heavy atom. The Morgan fingerprint density at radius 2 is 2.14 bits per heavy atom. The summed E-state index contributed by atoms with van der Waals surface area (Å²) in [5, 5.41) is 4.46. The molecule has 1 heterocycles. The van der Waals surface area contributed by atoms with Crippen molar-refractivity contribution in [1.29, 1.82) is 0 Å². The predicted octanol–water partition coefficient (Wildman–Crippen LogP) is 2.66. The van der Waals surface area contributed by atoms with E-state index < -0.39 is 0 Å². The fraction of sp³-hybridized carbons (Fsp3) is 0.353. The van der Waals surface area contributed by atoms with Crippen molar-refractivity contribution in [1.82, 2.24) is 9.78 Å². The van der Waals surface area contributed by atoms with Gasteiger partial charge in [0.25, 0.3) is 0 Å². The van der Waals surface area contributed by atoms with Crippen LogP contribution in [0.2, 0.25) is 0 Å². The van der Waals surface area contributed by atoms with Crippen LogP contribution in [0.25, 0.3) is 0 Å². The Hall–Kier alpha value is -2.25. The summed E-state index contributed by atoms with van der Waals surface area (Å²) in [5.41, 5.74) is 8.38. The summed E-state index contributed by atoms with van der Waals surface area (Å²) in [6.07, 6.45) is 1.97. The second-order valence-corrected chi connectivity index (χ2v) is 5.15. The van der Waals surface area contributed by atoms with Crippen molar-refractivity contribution in [3.05, 3.63) is 47.3 Å². The van der Waals surface area contributed by atoms with Gasteiger partial charge in [-0.05, 0) is 50.6 Å². The van der Waals surface area contributed by atoms with E-state index in [1.54, 1.807) is 0 Å². The van der Waals surface area contributed by atoms with Crippen LogP contribution in [0.1, 0.15) is 36.7 Å². The Labute approximate surface area is 125 Å². The van der Waals surface area contributed by atoms with Gasteiger partial charge in [0.2, 0.25) is 0 Å². The molecular formula is C17H21N3O. The zero-order valence-electron chi connectivity index (χ0n) is 12.8. The van der Waals surface area contributed by atoms with Crippen molar-refractivity contribution in [2.45, 2.75) is 33.4 Å². The molecule has 0 saturated carbocycles. The largest absolute Gasteiger partial charge is 0.487 e. The highest BCUT2D eigenvalue weighted by Crippen LogP contribution is 2.18. The molecule has 2 N–H and O–H groups in total. The summed E-state index contributed by atoms with van der Waals surface area (Å²) < 4.78 is 7.70. The van der Waals surface area contributed by atoms with Gasteiger partial charge in [-0.3, -0.25) is 4.68 Å². The number of aromatic nitrogens is 2. The van der Waals surface area contributed by atoms with Crippen molar-refractivity contribution >= 4 is 0 Å². The monoisotopic (exact) mass is 283 g/mol. The van der Waals surface area contributed by atoms with Crippen molar-refractivity contribution in [3.63, 3.8) is 0 Å². The molecule has 0 radical (unpaired) electrons. The summed E-state index contributed by atoms with van der Waals surface area (Å²) in [5.74, 6) is 6.73. The number of benzene rings is 1. The molecule has 0 fully saturated rings. The zero-order valence-corrected chi connectivity index (χ0v) is 12.8. The molecule has 0 spiro atoms. The van der Waals surface area contributed by atoms with Crippen LogP contribution >= 0.6 is 0 Å². The van der Waals surface area contributed by atoms with Gasteiger partial charge < -0.3 is 10.5 Å². The number of ether oxygens (including phenoxy) is 1. The van der Waals surface area contributed by atoms with Gasteiger partial charge in [-0.2, -0.15) is 5.10 Å². The van der Waals surface area contributed by atoms with Crippen LogP contribution in [-0.2, 0) is 6.61 Å². The number of rotatable bonds is 4. The Balaban J connectivity index is 2.01. The van der Waals surface area contributed by atoms with E-state index in [-0.39, 0.29) is 0 Å². The molecule has 0 atom stereocenters. The van der Waals surface area contributed by atoms with Crippen LogP contribution in [-0.4, -0.2) is 16.3 Å². The van der Waals surface area contributed by atoms with Crippen LogP contribution in [0.4, 0.5) is 0 Å². The molecule has 0 aliphatic carbocycles. The first kappa shape index (κ1) is 15.1. The van der Waals surface area contributed by atoms with Crippen LogP contribution in [0.5, 0.6) is 5.75 Å². The molecule has 0 bridgehead atoms. The van der Waals surface area contributed by atoms with E-state index >= 15 is 0 Å². The van der Waals surface area contributed by atoms with Crippen LogP contribution in [0, 0.1) is 18.8 Å². The van der Waals surface area contributed by atoms with Gasteiger partial charge in [0.1, 0.15) is 12.4 Å². The maximum atomic E-state index is 5.78. The quantitative estimate of drug-likeness (QED) is 0.878. The molecule has 0 saturated heterocycles. The highest BCUT2D eigenvalue weighted by Gasteiger charge is 2.04. The van der Waals surface area contributed by atoms with Crippen LogP contribution in [0.3, 0.4) is 0 Å². The van der Waals surface area contributed by atoms with Crippen LogP contribution in [0.15, 0.2) is 30.5 Å². The number of hydrogen-bond acceptors (Lipinski definition) is 3. The van der Waals surface area contributed by atoms with E-state index in [0.717, 1.165) is 22.6 Å². The Bertz CT molecular complexity index is 662. The molecule has 2 aromatic rings. The molecule has 1 aromatic carbocycles. The number of aryl methyl sites for hydroxylation is 1. The zero-order chi connectivity index (χ0) is 15.2. The molecule has 0 unspecified atom stereocenters. The first-order chi connectivity index (χ1) is 10.1. The minimum absolute atomic E-state index is 0.362. The summed E-state index contributed by atoms with van der Waals surface area (Å²) >= 11 is 0. The van der Waals surface area contributed by atoms with Gasteiger partial charge in [0, 0.05) is 17.8 Å². The molecule has 4 nitrogen and oxygen atoms in total. The van der Waals surface area contributed by atoms with E-state index in [4.69, 9.17) is 10.5 Å². The minimum atomic E-state index is 0.362. The molecular weight excluding hydrogens is 262 g/mol. The third-order valence-electron chi connectivity index (χ3n) is 3.10. The van der Waals surface area contributed by atoms with E-state index in [1.165, 1.54) is 0 Å². The lowest BCUT2D eigenvalue weighted by Gasteiger charge is -2.07. The third kappa shape index (κ3) is 4.11. The van der Waals surface area contributed by atoms with Gasteiger partial charge in [-0.15, -0.1) is 0 Å². The average Bonchev–Trinajstić information content (AvgIpc) is 2.93. The Morgan fingerprint density at radius 3 is 2.76 bits per heavy atom. The van der Waals surface area contributed by atoms with E-state index in [1.807, 2.05) is 42.1 Å². The van der Waals surface area contributed by atoms with E-state index in [2.05, 4.69) is 30.8 Å². The lowest BCUT2D eigenvalue weighted by Crippen LogP contribution is -2.03. The summed E-state index contributed by atoms with van der Waals surface area (Å²) in [7, 11) is 0. The minimum Gasteiger partial charge on any atom is -0.487 e. The normalized spacial score (nSPS) is 10.3. The summed E-state index contributed by atoms with van der Waals surface area (Å²) in [4.78, 5) is 0. The lowest BCUT2D eigenvalue weighted by atomic mass is 10.1. The van der Waals surface area contributed by atoms with Gasteiger partial charge in [-0.25, -0.2) is 0 Å². The van der Waals surface area contributed by atoms with Gasteiger partial charge in [0.05, 0.1) is 12.2 Å². The first-order valence-corrected chi connectivity index (χ1v) is 7.06. The smallest absolute Gasteiger partial charge is 0.132 e. The van der Waals surface area contributed by atoms with Gasteiger partial charge >= 0.3 is 0 Å². The Kier molecular flexibility index (Phi) is 5.02. The molecule has 1 aromatic heterocycles. The molecule has 2 rings (SSSR count). The number of nitrogens with two attached hydrogens (primary N) is 1. The second kappa shape index (κ2) is 6.96. The highest BCUT2D eigenvalue weighted by atomic mass is 16.5. The fourth-order valence-corrected chi connectivity index (χ4v) is 1.91. The third-order valence-corrected chi connectivity index (χ3v) is 3.10. The molecule has 0 aliphatic rings. The molecule has 0 amide bonds. The number of hydrogen-bond donors (Lipinski definition) is 1. The van der Waals surface area contributed by atoms with Crippen molar-refractivity contribution in [2.24, 2.45) is 5.73 Å². The fourth-order valence-electron chi connectivity index (χ4n) is 1.91. The van der Waals surface area contributed by atoms with E-state index in [0.29, 0.717) is 19.2 Å². The maximum Gasteiger partial charge on any atom is 0.132 e. The summed E-state index contributed by atoms with van der Waals surface area (Å²) in [6.45, 7) is 7.05. The molecule has 0 aliphatic heterocycles.